The van der Waals surface area contributed by atoms with E-state index in [4.69, 9.17) is 9.47 Å². The van der Waals surface area contributed by atoms with Gasteiger partial charge in [-0.15, -0.1) is 0 Å². The van der Waals surface area contributed by atoms with Crippen molar-refractivity contribution in [2.75, 3.05) is 6.54 Å². The SMILES string of the molecule is CCCC1(S(=O)(=O)NC(=O)[C@@]23C[C@H]2C=CCCCCC[C@@H](NC(=O)OC(C)(C)C)C(=O)N2C[C@H](OC(=O)N4Cc5ccccc5C4)C[C@H]2C(=O)N3)CC1. The molecule has 3 heterocycles. The number of benzene rings is 1. The fourth-order valence-electron chi connectivity index (χ4n) is 7.86. The van der Waals surface area contributed by atoms with Crippen LogP contribution in [0.1, 0.15) is 109 Å². The highest BCUT2D eigenvalue weighted by Crippen LogP contribution is 2.49. The molecule has 3 fully saturated rings. The van der Waals surface area contributed by atoms with Gasteiger partial charge in [-0.1, -0.05) is 62.6 Å². The zero-order valence-electron chi connectivity index (χ0n) is 31.1. The molecule has 0 unspecified atom stereocenters. The molecule has 0 spiro atoms. The number of fused-ring (bicyclic) bond motifs is 3. The van der Waals surface area contributed by atoms with Gasteiger partial charge in [-0.25, -0.2) is 18.0 Å². The van der Waals surface area contributed by atoms with Crippen LogP contribution in [0.4, 0.5) is 9.59 Å². The molecule has 0 radical (unpaired) electrons. The number of sulfonamides is 1. The number of nitrogens with one attached hydrogen (secondary N) is 3. The minimum absolute atomic E-state index is 0.0562. The Bertz CT molecular complexity index is 1730. The molecule has 14 nitrogen and oxygen atoms in total. The number of alkyl carbamates (subject to hydrolysis) is 1. The maximum absolute atomic E-state index is 14.4. The van der Waals surface area contributed by atoms with Crippen LogP contribution in [0, 0.1) is 5.92 Å². The van der Waals surface area contributed by atoms with E-state index < -0.39 is 79.9 Å². The van der Waals surface area contributed by atoms with Crippen molar-refractivity contribution in [1.82, 2.24) is 25.2 Å². The Kier molecular flexibility index (Phi) is 10.9. The van der Waals surface area contributed by atoms with Gasteiger partial charge in [-0.05, 0) is 76.8 Å². The normalized spacial score (nSPS) is 28.3. The third-order valence-electron chi connectivity index (χ3n) is 11.0. The van der Waals surface area contributed by atoms with Crippen molar-refractivity contribution in [3.63, 3.8) is 0 Å². The molecular weight excluding hydrogens is 703 g/mol. The van der Waals surface area contributed by atoms with Crippen LogP contribution in [0.25, 0.3) is 0 Å². The van der Waals surface area contributed by atoms with Crippen molar-refractivity contribution in [1.29, 1.82) is 0 Å². The maximum atomic E-state index is 14.4. The van der Waals surface area contributed by atoms with Gasteiger partial charge in [0.25, 0.3) is 5.91 Å². The summed E-state index contributed by atoms with van der Waals surface area (Å²) >= 11 is 0. The number of ether oxygens (including phenoxy) is 2. The zero-order chi connectivity index (χ0) is 38.2. The number of carbonyl (C=O) groups is 5. The van der Waals surface area contributed by atoms with Crippen LogP contribution < -0.4 is 15.4 Å². The van der Waals surface area contributed by atoms with E-state index in [-0.39, 0.29) is 25.8 Å². The molecule has 3 N–H and O–H groups in total. The number of allylic oxidation sites excluding steroid dienone is 1. The number of hydrogen-bond donors (Lipinski definition) is 3. The fraction of sp³-hybridized carbons (Fsp3) is 0.658. The van der Waals surface area contributed by atoms with Crippen molar-refractivity contribution in [3.05, 3.63) is 47.5 Å². The van der Waals surface area contributed by atoms with Gasteiger partial charge in [-0.3, -0.25) is 24.0 Å². The largest absolute Gasteiger partial charge is 0.444 e. The molecule has 6 rings (SSSR count). The molecule has 5 atom stereocenters. The molecule has 15 heteroatoms. The smallest absolute Gasteiger partial charge is 0.410 e. The van der Waals surface area contributed by atoms with E-state index in [0.717, 1.165) is 24.0 Å². The van der Waals surface area contributed by atoms with Crippen molar-refractivity contribution >= 4 is 39.9 Å². The Hall–Kier alpha value is -4.14. The monoisotopic (exact) mass is 755 g/mol. The van der Waals surface area contributed by atoms with Gasteiger partial charge >= 0.3 is 12.2 Å². The molecule has 290 valence electrons. The second-order valence-electron chi connectivity index (χ2n) is 16.3. The van der Waals surface area contributed by atoms with Crippen LogP contribution in [0.5, 0.6) is 0 Å². The summed E-state index contributed by atoms with van der Waals surface area (Å²) in [6, 6.07) is 5.49. The Balaban J connectivity index is 1.25. The second-order valence-corrected chi connectivity index (χ2v) is 18.4. The highest BCUT2D eigenvalue weighted by molar-refractivity contribution is 7.91. The molecule has 1 saturated heterocycles. The first-order valence-corrected chi connectivity index (χ1v) is 20.4. The zero-order valence-corrected chi connectivity index (χ0v) is 32.0. The van der Waals surface area contributed by atoms with E-state index in [9.17, 15) is 32.4 Å². The first kappa shape index (κ1) is 38.6. The van der Waals surface area contributed by atoms with Crippen LogP contribution in [0.3, 0.4) is 0 Å². The third kappa shape index (κ3) is 8.49. The van der Waals surface area contributed by atoms with E-state index in [0.29, 0.717) is 51.6 Å². The van der Waals surface area contributed by atoms with Gasteiger partial charge < -0.3 is 25.0 Å². The fourth-order valence-corrected chi connectivity index (χ4v) is 9.62. The summed E-state index contributed by atoms with van der Waals surface area (Å²) < 4.78 is 39.6. The molecule has 3 aliphatic heterocycles. The molecule has 53 heavy (non-hydrogen) atoms. The molecule has 2 saturated carbocycles. The van der Waals surface area contributed by atoms with Gasteiger partial charge in [0.15, 0.2) is 0 Å². The standard InChI is InChI=1S/C38H53N5O9S/c1-5-17-37(18-19-37)53(49,50)41-33(46)38-21-27(38)15-9-7-6-8-10-16-29(39-34(47)52-36(2,3)4)32(45)43-24-28(20-30(43)31(44)40-38)51-35(48)42-22-25-13-11-12-14-26(25)23-42/h9,11-15,27-30H,5-8,10,16-24H2,1-4H3,(H,39,47)(H,40,44)(H,41,46)/t27-,28-,29-,30+,38-/m1/s1. The predicted octanol–water partition coefficient (Wildman–Crippen LogP) is 4.18. The number of amides is 5. The third-order valence-corrected chi connectivity index (χ3v) is 13.2. The average molecular weight is 756 g/mol. The van der Waals surface area contributed by atoms with Crippen molar-refractivity contribution in [3.8, 4) is 0 Å². The van der Waals surface area contributed by atoms with E-state index in [1.165, 1.54) is 4.90 Å². The van der Waals surface area contributed by atoms with E-state index >= 15 is 0 Å². The van der Waals surface area contributed by atoms with Crippen molar-refractivity contribution < 1.29 is 41.9 Å². The summed E-state index contributed by atoms with van der Waals surface area (Å²) in [7, 11) is -4.02. The number of carbonyl (C=O) groups excluding carboxylic acids is 5. The van der Waals surface area contributed by atoms with Crippen LogP contribution in [-0.2, 0) is 47.0 Å². The summed E-state index contributed by atoms with van der Waals surface area (Å²) in [6.45, 7) is 7.66. The van der Waals surface area contributed by atoms with Gasteiger partial charge in [0, 0.05) is 25.4 Å². The average Bonchev–Trinajstić information content (AvgIpc) is 3.91. The molecule has 0 bridgehead atoms. The first-order chi connectivity index (χ1) is 25.1. The lowest BCUT2D eigenvalue weighted by molar-refractivity contribution is -0.141. The molecule has 1 aromatic carbocycles. The highest BCUT2D eigenvalue weighted by Gasteiger charge is 2.63. The van der Waals surface area contributed by atoms with Gasteiger partial charge in [-0.2, -0.15) is 0 Å². The number of nitrogens with zero attached hydrogens (tertiary/aromatic N) is 2. The lowest BCUT2D eigenvalue weighted by Crippen LogP contribution is -2.58. The van der Waals surface area contributed by atoms with Crippen LogP contribution >= 0.6 is 0 Å². The molecule has 0 aromatic heterocycles. The van der Waals surface area contributed by atoms with E-state index in [2.05, 4.69) is 15.4 Å². The highest BCUT2D eigenvalue weighted by atomic mass is 32.2. The molecule has 2 aliphatic carbocycles. The molecule has 5 amide bonds. The number of rotatable bonds is 7. The van der Waals surface area contributed by atoms with Crippen LogP contribution in [0.15, 0.2) is 36.4 Å². The first-order valence-electron chi connectivity index (χ1n) is 18.9. The molecule has 5 aliphatic rings. The Morgan fingerprint density at radius 3 is 2.38 bits per heavy atom. The molecular formula is C38H53N5O9S. The summed E-state index contributed by atoms with van der Waals surface area (Å²) in [4.78, 5) is 71.8. The van der Waals surface area contributed by atoms with E-state index in [1.54, 1.807) is 25.7 Å². The van der Waals surface area contributed by atoms with Crippen LogP contribution in [-0.4, -0.2) is 88.7 Å². The van der Waals surface area contributed by atoms with Gasteiger partial charge in [0.2, 0.25) is 21.8 Å². The maximum Gasteiger partial charge on any atom is 0.410 e. The van der Waals surface area contributed by atoms with Crippen molar-refractivity contribution in [2.45, 2.75) is 145 Å². The van der Waals surface area contributed by atoms with Crippen molar-refractivity contribution in [2.24, 2.45) is 5.92 Å². The summed E-state index contributed by atoms with van der Waals surface area (Å²) in [5.41, 5.74) is -0.338. The Morgan fingerprint density at radius 2 is 1.74 bits per heavy atom. The Labute approximate surface area is 311 Å². The summed E-state index contributed by atoms with van der Waals surface area (Å²) in [5, 5.41) is 5.57. The summed E-state index contributed by atoms with van der Waals surface area (Å²) in [5.74, 6) is -2.47. The number of hydrogen-bond acceptors (Lipinski definition) is 9. The van der Waals surface area contributed by atoms with Gasteiger partial charge in [0.1, 0.15) is 29.3 Å². The minimum Gasteiger partial charge on any atom is -0.444 e. The topological polar surface area (TPSA) is 181 Å². The quantitative estimate of drug-likeness (QED) is 0.344. The Morgan fingerprint density at radius 1 is 1.04 bits per heavy atom. The predicted molar refractivity (Wildman–Crippen MR) is 194 cm³/mol. The van der Waals surface area contributed by atoms with Crippen LogP contribution in [0.2, 0.25) is 0 Å². The molecule has 1 aromatic rings. The minimum atomic E-state index is -4.02. The second kappa shape index (κ2) is 14.9. The van der Waals surface area contributed by atoms with E-state index in [1.807, 2.05) is 43.3 Å². The van der Waals surface area contributed by atoms with Gasteiger partial charge in [0.05, 0.1) is 11.3 Å². The lowest BCUT2D eigenvalue weighted by atomic mass is 10.0. The lowest BCUT2D eigenvalue weighted by Gasteiger charge is -2.30. The summed E-state index contributed by atoms with van der Waals surface area (Å²) in [6.07, 6.45) is 6.81.